The van der Waals surface area contributed by atoms with Crippen molar-refractivity contribution in [3.63, 3.8) is 0 Å². The molecule has 0 aliphatic carbocycles. The van der Waals surface area contributed by atoms with Gasteiger partial charge in [-0.05, 0) is 38.0 Å². The van der Waals surface area contributed by atoms with Crippen LogP contribution in [0.1, 0.15) is 18.9 Å². The number of hydrogen-bond acceptors (Lipinski definition) is 4. The fraction of sp³-hybridized carbons (Fsp3) is 0.500. The molecule has 0 fully saturated rings. The van der Waals surface area contributed by atoms with E-state index >= 15 is 0 Å². The molecule has 8 heteroatoms. The van der Waals surface area contributed by atoms with E-state index in [4.69, 9.17) is 5.73 Å². The standard InChI is InChI=1S/C12H19FN2O3S2/c1-8-6-10(7-11(14)12(8)13)20(17,18)15-9(2)4-5-19(3)16/h6-7,9,15H,4-5,14H2,1-3H3. The van der Waals surface area contributed by atoms with Crippen molar-refractivity contribution in [1.29, 1.82) is 0 Å². The van der Waals surface area contributed by atoms with Gasteiger partial charge in [0.05, 0.1) is 10.6 Å². The first-order chi connectivity index (χ1) is 9.13. The summed E-state index contributed by atoms with van der Waals surface area (Å²) in [6.07, 6.45) is 2.02. The van der Waals surface area contributed by atoms with Gasteiger partial charge >= 0.3 is 0 Å². The van der Waals surface area contributed by atoms with E-state index in [1.807, 2.05) is 0 Å². The highest BCUT2D eigenvalue weighted by atomic mass is 32.2. The first-order valence-corrected chi connectivity index (χ1v) is 9.22. The van der Waals surface area contributed by atoms with Gasteiger partial charge in [-0.25, -0.2) is 17.5 Å². The second-order valence-corrected chi connectivity index (χ2v) is 8.00. The minimum atomic E-state index is -3.76. The molecule has 20 heavy (non-hydrogen) atoms. The summed E-state index contributed by atoms with van der Waals surface area (Å²) in [5, 5.41) is 0. The van der Waals surface area contributed by atoms with Gasteiger partial charge in [-0.15, -0.1) is 0 Å². The summed E-state index contributed by atoms with van der Waals surface area (Å²) in [5.74, 6) is -0.202. The van der Waals surface area contributed by atoms with Crippen LogP contribution in [0.15, 0.2) is 17.0 Å². The first-order valence-electron chi connectivity index (χ1n) is 6.01. The number of rotatable bonds is 6. The summed E-state index contributed by atoms with van der Waals surface area (Å²) in [7, 11) is -4.74. The minimum absolute atomic E-state index is 0.0710. The van der Waals surface area contributed by atoms with Gasteiger partial charge in [0.1, 0.15) is 5.82 Å². The summed E-state index contributed by atoms with van der Waals surface area (Å²) >= 11 is 0. The van der Waals surface area contributed by atoms with Crippen LogP contribution in [0.4, 0.5) is 10.1 Å². The molecule has 1 aromatic carbocycles. The number of benzene rings is 1. The SMILES string of the molecule is Cc1cc(S(=O)(=O)NC(C)CCS(C)=O)cc(N)c1F. The van der Waals surface area contributed by atoms with Crippen molar-refractivity contribution in [3.8, 4) is 0 Å². The van der Waals surface area contributed by atoms with Gasteiger partial charge in [0.2, 0.25) is 10.0 Å². The summed E-state index contributed by atoms with van der Waals surface area (Å²) in [4.78, 5) is -0.0710. The molecule has 3 N–H and O–H groups in total. The smallest absolute Gasteiger partial charge is 0.240 e. The Balaban J connectivity index is 2.91. The average Bonchev–Trinajstić information content (AvgIpc) is 2.32. The number of halogens is 1. The van der Waals surface area contributed by atoms with E-state index in [0.29, 0.717) is 12.2 Å². The Labute approximate surface area is 121 Å². The van der Waals surface area contributed by atoms with Crippen LogP contribution >= 0.6 is 0 Å². The zero-order valence-electron chi connectivity index (χ0n) is 11.6. The second kappa shape index (κ2) is 6.64. The van der Waals surface area contributed by atoms with Crippen LogP contribution in [0.5, 0.6) is 0 Å². The number of hydrogen-bond donors (Lipinski definition) is 2. The molecule has 1 rings (SSSR count). The fourth-order valence-corrected chi connectivity index (χ4v) is 3.74. The van der Waals surface area contributed by atoms with Crippen LogP contribution in [0.25, 0.3) is 0 Å². The molecule has 0 aliphatic rings. The molecule has 0 aromatic heterocycles. The van der Waals surface area contributed by atoms with Crippen LogP contribution in [-0.4, -0.2) is 30.7 Å². The molecule has 0 saturated heterocycles. The Morgan fingerprint density at radius 1 is 1.45 bits per heavy atom. The number of nitrogens with two attached hydrogens (primary N) is 1. The second-order valence-electron chi connectivity index (χ2n) is 4.73. The van der Waals surface area contributed by atoms with E-state index in [2.05, 4.69) is 4.72 Å². The van der Waals surface area contributed by atoms with Crippen molar-refractivity contribution in [1.82, 2.24) is 4.72 Å². The maximum atomic E-state index is 13.4. The molecule has 0 spiro atoms. The largest absolute Gasteiger partial charge is 0.396 e. The molecule has 0 heterocycles. The normalized spacial score (nSPS) is 15.0. The molecule has 2 atom stereocenters. The fourth-order valence-electron chi connectivity index (χ4n) is 1.65. The molecule has 0 radical (unpaired) electrons. The average molecular weight is 322 g/mol. The van der Waals surface area contributed by atoms with Gasteiger partial charge in [-0.1, -0.05) is 0 Å². The van der Waals surface area contributed by atoms with Crippen molar-refractivity contribution < 1.29 is 17.0 Å². The molecule has 0 bridgehead atoms. The van der Waals surface area contributed by atoms with Crippen molar-refractivity contribution in [2.75, 3.05) is 17.7 Å². The van der Waals surface area contributed by atoms with Crippen LogP contribution in [0.3, 0.4) is 0 Å². The van der Waals surface area contributed by atoms with E-state index < -0.39 is 26.6 Å². The summed E-state index contributed by atoms with van der Waals surface area (Å²) in [5.41, 5.74) is 5.41. The van der Waals surface area contributed by atoms with Crippen LogP contribution in [0, 0.1) is 12.7 Å². The Hall–Kier alpha value is -0.990. The lowest BCUT2D eigenvalue weighted by Gasteiger charge is -2.14. The zero-order chi connectivity index (χ0) is 15.5. The van der Waals surface area contributed by atoms with Crippen LogP contribution in [-0.2, 0) is 20.8 Å². The van der Waals surface area contributed by atoms with Crippen LogP contribution < -0.4 is 10.5 Å². The van der Waals surface area contributed by atoms with E-state index in [1.54, 1.807) is 13.2 Å². The summed E-state index contributed by atoms with van der Waals surface area (Å²) in [6, 6.07) is 1.96. The van der Waals surface area contributed by atoms with Crippen molar-refractivity contribution >= 4 is 26.5 Å². The molecular weight excluding hydrogens is 303 g/mol. The Bertz CT molecular complexity index is 594. The number of aryl methyl sites for hydroxylation is 1. The third-order valence-electron chi connectivity index (χ3n) is 2.76. The highest BCUT2D eigenvalue weighted by Crippen LogP contribution is 2.21. The van der Waals surface area contributed by atoms with Crippen molar-refractivity contribution in [2.24, 2.45) is 0 Å². The van der Waals surface area contributed by atoms with Crippen molar-refractivity contribution in [2.45, 2.75) is 31.2 Å². The quantitative estimate of drug-likeness (QED) is 0.769. The van der Waals surface area contributed by atoms with Gasteiger partial charge in [-0.2, -0.15) is 0 Å². The number of nitrogen functional groups attached to an aromatic ring is 1. The Morgan fingerprint density at radius 3 is 2.55 bits per heavy atom. The number of sulfonamides is 1. The maximum absolute atomic E-state index is 13.4. The molecule has 2 unspecified atom stereocenters. The third-order valence-corrected chi connectivity index (χ3v) is 5.14. The van der Waals surface area contributed by atoms with Crippen LogP contribution in [0.2, 0.25) is 0 Å². The van der Waals surface area contributed by atoms with Gasteiger partial charge in [0.15, 0.2) is 0 Å². The third kappa shape index (κ3) is 4.53. The predicted octanol–water partition coefficient (Wildman–Crippen LogP) is 1.15. The van der Waals surface area contributed by atoms with Gasteiger partial charge in [0, 0.05) is 28.9 Å². The monoisotopic (exact) mass is 322 g/mol. The zero-order valence-corrected chi connectivity index (χ0v) is 13.3. The molecule has 114 valence electrons. The highest BCUT2D eigenvalue weighted by molar-refractivity contribution is 7.89. The predicted molar refractivity (Wildman–Crippen MR) is 78.9 cm³/mol. The van der Waals surface area contributed by atoms with E-state index in [0.717, 1.165) is 6.07 Å². The molecule has 0 aliphatic heterocycles. The van der Waals surface area contributed by atoms with Gasteiger partial charge in [-0.3, -0.25) is 4.21 Å². The topological polar surface area (TPSA) is 89.3 Å². The molecule has 1 aromatic rings. The lowest BCUT2D eigenvalue weighted by Crippen LogP contribution is -2.33. The molecule has 5 nitrogen and oxygen atoms in total. The number of nitrogens with one attached hydrogen (secondary N) is 1. The first kappa shape index (κ1) is 17.1. The van der Waals surface area contributed by atoms with E-state index in [1.165, 1.54) is 13.0 Å². The Morgan fingerprint density at radius 2 is 2.05 bits per heavy atom. The highest BCUT2D eigenvalue weighted by Gasteiger charge is 2.19. The molecule has 0 amide bonds. The summed E-state index contributed by atoms with van der Waals surface area (Å²) < 4.78 is 51.1. The van der Waals surface area contributed by atoms with E-state index in [-0.39, 0.29) is 22.2 Å². The minimum Gasteiger partial charge on any atom is -0.396 e. The molecule has 0 saturated carbocycles. The number of anilines is 1. The molecular formula is C12H19FN2O3S2. The van der Waals surface area contributed by atoms with Gasteiger partial charge in [0.25, 0.3) is 0 Å². The lowest BCUT2D eigenvalue weighted by atomic mass is 10.2. The lowest BCUT2D eigenvalue weighted by molar-refractivity contribution is 0.555. The summed E-state index contributed by atoms with van der Waals surface area (Å²) in [6.45, 7) is 3.14. The van der Waals surface area contributed by atoms with Crippen molar-refractivity contribution in [3.05, 3.63) is 23.5 Å². The van der Waals surface area contributed by atoms with Gasteiger partial charge < -0.3 is 5.73 Å². The van der Waals surface area contributed by atoms with E-state index in [9.17, 15) is 17.0 Å². The maximum Gasteiger partial charge on any atom is 0.240 e. The Kier molecular flexibility index (Phi) is 5.67.